The van der Waals surface area contributed by atoms with Crippen LogP contribution < -0.4 is 5.73 Å². The zero-order valence-electron chi connectivity index (χ0n) is 8.98. The van der Waals surface area contributed by atoms with Gasteiger partial charge < -0.3 is 10.5 Å². The lowest BCUT2D eigenvalue weighted by atomic mass is 9.86. The van der Waals surface area contributed by atoms with Crippen molar-refractivity contribution in [3.63, 3.8) is 0 Å². The van der Waals surface area contributed by atoms with Gasteiger partial charge >= 0.3 is 0 Å². The fourth-order valence-electron chi connectivity index (χ4n) is 2.74. The van der Waals surface area contributed by atoms with E-state index in [1.54, 1.807) is 4.31 Å². The molecule has 2 heterocycles. The Kier molecular flexibility index (Phi) is 2.79. The van der Waals surface area contributed by atoms with Gasteiger partial charge in [0.25, 0.3) is 0 Å². The van der Waals surface area contributed by atoms with Gasteiger partial charge in [0.05, 0.1) is 17.9 Å². The van der Waals surface area contributed by atoms with Crippen molar-refractivity contribution in [1.82, 2.24) is 4.31 Å². The summed E-state index contributed by atoms with van der Waals surface area (Å²) in [4.78, 5) is 0. The van der Waals surface area contributed by atoms with E-state index in [-0.39, 0.29) is 11.8 Å². The molecule has 6 heteroatoms. The predicted molar refractivity (Wildman–Crippen MR) is 56.9 cm³/mol. The van der Waals surface area contributed by atoms with Crippen LogP contribution in [0.3, 0.4) is 0 Å². The standard InChI is InChI=1S/C9H18N2O3S/c1-2-11-9(4-3-5-14-7-9)8(10)6-15(11,12)13/h8H,2-7,10H2,1H3. The van der Waals surface area contributed by atoms with E-state index in [0.29, 0.717) is 19.8 Å². The highest BCUT2D eigenvalue weighted by Gasteiger charge is 2.55. The molecule has 0 radical (unpaired) electrons. The van der Waals surface area contributed by atoms with Crippen molar-refractivity contribution < 1.29 is 13.2 Å². The van der Waals surface area contributed by atoms with Gasteiger partial charge in [-0.15, -0.1) is 0 Å². The summed E-state index contributed by atoms with van der Waals surface area (Å²) in [5.41, 5.74) is 5.52. The maximum absolute atomic E-state index is 11.9. The normalized spacial score (nSPS) is 41.1. The van der Waals surface area contributed by atoms with Crippen molar-refractivity contribution in [2.24, 2.45) is 5.73 Å². The highest BCUT2D eigenvalue weighted by Crippen LogP contribution is 2.37. The molecule has 0 amide bonds. The second-order valence-electron chi connectivity index (χ2n) is 4.31. The van der Waals surface area contributed by atoms with E-state index >= 15 is 0 Å². The molecule has 88 valence electrons. The first-order chi connectivity index (χ1) is 7.03. The third kappa shape index (κ3) is 1.60. The van der Waals surface area contributed by atoms with Crippen molar-refractivity contribution in [2.45, 2.75) is 31.3 Å². The van der Waals surface area contributed by atoms with Crippen molar-refractivity contribution in [2.75, 3.05) is 25.5 Å². The van der Waals surface area contributed by atoms with Gasteiger partial charge in [0.2, 0.25) is 10.0 Å². The Bertz CT molecular complexity index is 335. The van der Waals surface area contributed by atoms with Gasteiger partial charge in [-0.25, -0.2) is 8.42 Å². The van der Waals surface area contributed by atoms with Gasteiger partial charge in [-0.05, 0) is 12.8 Å². The first kappa shape index (κ1) is 11.3. The molecule has 2 N–H and O–H groups in total. The van der Waals surface area contributed by atoms with Gasteiger partial charge in [0.15, 0.2) is 0 Å². The predicted octanol–water partition coefficient (Wildman–Crippen LogP) is -0.472. The van der Waals surface area contributed by atoms with E-state index in [9.17, 15) is 8.42 Å². The Labute approximate surface area is 90.6 Å². The lowest BCUT2D eigenvalue weighted by Gasteiger charge is -2.41. The topological polar surface area (TPSA) is 72.6 Å². The number of rotatable bonds is 1. The van der Waals surface area contributed by atoms with Crippen LogP contribution in [0.15, 0.2) is 0 Å². The Hall–Kier alpha value is -0.170. The molecule has 15 heavy (non-hydrogen) atoms. The first-order valence-corrected chi connectivity index (χ1v) is 6.98. The van der Waals surface area contributed by atoms with Crippen LogP contribution in [-0.4, -0.2) is 49.8 Å². The van der Waals surface area contributed by atoms with Gasteiger partial charge in [0.1, 0.15) is 0 Å². The van der Waals surface area contributed by atoms with Crippen LogP contribution in [-0.2, 0) is 14.8 Å². The maximum atomic E-state index is 11.9. The van der Waals surface area contributed by atoms with E-state index in [0.717, 1.165) is 12.8 Å². The van der Waals surface area contributed by atoms with E-state index in [1.807, 2.05) is 6.92 Å². The molecule has 0 aliphatic carbocycles. The van der Waals surface area contributed by atoms with E-state index in [1.165, 1.54) is 0 Å². The minimum Gasteiger partial charge on any atom is -0.379 e. The number of sulfonamides is 1. The molecular formula is C9H18N2O3S. The highest BCUT2D eigenvalue weighted by atomic mass is 32.2. The largest absolute Gasteiger partial charge is 0.379 e. The fourth-order valence-corrected chi connectivity index (χ4v) is 4.91. The monoisotopic (exact) mass is 234 g/mol. The van der Waals surface area contributed by atoms with Crippen molar-refractivity contribution >= 4 is 10.0 Å². The lowest BCUT2D eigenvalue weighted by molar-refractivity contribution is -0.0161. The molecule has 0 saturated carbocycles. The molecule has 0 aromatic carbocycles. The van der Waals surface area contributed by atoms with E-state index < -0.39 is 15.6 Å². The van der Waals surface area contributed by atoms with Crippen molar-refractivity contribution in [3.05, 3.63) is 0 Å². The number of hydrogen-bond acceptors (Lipinski definition) is 4. The zero-order chi connectivity index (χ0) is 11.1. The smallest absolute Gasteiger partial charge is 0.216 e. The van der Waals surface area contributed by atoms with Crippen molar-refractivity contribution in [3.8, 4) is 0 Å². The summed E-state index contributed by atoms with van der Waals surface area (Å²) in [7, 11) is -3.17. The molecule has 2 aliphatic rings. The molecule has 2 fully saturated rings. The molecule has 5 nitrogen and oxygen atoms in total. The minimum atomic E-state index is -3.17. The molecule has 2 unspecified atom stereocenters. The van der Waals surface area contributed by atoms with Crippen LogP contribution in [0, 0.1) is 0 Å². The number of nitrogens with zero attached hydrogens (tertiary/aromatic N) is 1. The summed E-state index contributed by atoms with van der Waals surface area (Å²) >= 11 is 0. The molecule has 2 rings (SSSR count). The van der Waals surface area contributed by atoms with E-state index in [4.69, 9.17) is 10.5 Å². The van der Waals surface area contributed by atoms with Crippen LogP contribution in [0.2, 0.25) is 0 Å². The number of ether oxygens (including phenoxy) is 1. The minimum absolute atomic E-state index is 0.0597. The molecule has 2 aliphatic heterocycles. The number of hydrogen-bond donors (Lipinski definition) is 1. The van der Waals surface area contributed by atoms with Crippen LogP contribution >= 0.6 is 0 Å². The molecule has 0 bridgehead atoms. The van der Waals surface area contributed by atoms with Gasteiger partial charge in [-0.3, -0.25) is 0 Å². The van der Waals surface area contributed by atoms with Gasteiger partial charge in [0, 0.05) is 19.2 Å². The maximum Gasteiger partial charge on any atom is 0.216 e. The summed E-state index contributed by atoms with van der Waals surface area (Å²) in [5.74, 6) is 0.0597. The van der Waals surface area contributed by atoms with Crippen LogP contribution in [0.1, 0.15) is 19.8 Å². The Morgan fingerprint density at radius 1 is 1.60 bits per heavy atom. The summed E-state index contributed by atoms with van der Waals surface area (Å²) in [6.07, 6.45) is 1.71. The molecular weight excluding hydrogens is 216 g/mol. The summed E-state index contributed by atoms with van der Waals surface area (Å²) in [6.45, 7) is 3.50. The molecule has 1 spiro atoms. The van der Waals surface area contributed by atoms with Crippen molar-refractivity contribution in [1.29, 1.82) is 0 Å². The molecule has 0 aromatic rings. The van der Waals surface area contributed by atoms with Gasteiger partial charge in [-0.2, -0.15) is 4.31 Å². The van der Waals surface area contributed by atoms with Crippen LogP contribution in [0.25, 0.3) is 0 Å². The van der Waals surface area contributed by atoms with Gasteiger partial charge in [-0.1, -0.05) is 6.92 Å². The van der Waals surface area contributed by atoms with Crippen LogP contribution in [0.5, 0.6) is 0 Å². The third-order valence-corrected chi connectivity index (χ3v) is 5.52. The van der Waals surface area contributed by atoms with Crippen LogP contribution in [0.4, 0.5) is 0 Å². The average molecular weight is 234 g/mol. The molecule has 0 aromatic heterocycles. The fraction of sp³-hybridized carbons (Fsp3) is 1.00. The quantitative estimate of drug-likeness (QED) is 0.665. The highest BCUT2D eigenvalue weighted by molar-refractivity contribution is 7.89. The Morgan fingerprint density at radius 2 is 2.33 bits per heavy atom. The SMILES string of the molecule is CCN1C2(CCCOC2)C(N)CS1(=O)=O. The third-order valence-electron chi connectivity index (χ3n) is 3.45. The lowest BCUT2D eigenvalue weighted by Crippen LogP contribution is -2.59. The summed E-state index contributed by atoms with van der Waals surface area (Å²) in [6, 6.07) is -0.317. The second-order valence-corrected chi connectivity index (χ2v) is 6.25. The number of nitrogens with two attached hydrogens (primary N) is 1. The second kappa shape index (κ2) is 3.69. The first-order valence-electron chi connectivity index (χ1n) is 5.37. The number of likely N-dealkylation sites (N-methyl/N-ethyl adjacent to an activating group) is 1. The Morgan fingerprint density at radius 3 is 2.87 bits per heavy atom. The average Bonchev–Trinajstić information content (AvgIpc) is 2.35. The molecule has 2 atom stereocenters. The van der Waals surface area contributed by atoms with E-state index in [2.05, 4.69) is 0 Å². The zero-order valence-corrected chi connectivity index (χ0v) is 9.79. The molecule has 2 saturated heterocycles. The Balaban J connectivity index is 2.36. The summed E-state index contributed by atoms with van der Waals surface area (Å²) in [5, 5.41) is 0. The summed E-state index contributed by atoms with van der Waals surface area (Å²) < 4.78 is 30.7.